The number of aliphatic carboxylic acids is 1. The number of hydrogen-bond donors (Lipinski definition) is 1. The van der Waals surface area contributed by atoms with Gasteiger partial charge in [0.15, 0.2) is 0 Å². The van der Waals surface area contributed by atoms with E-state index in [0.717, 1.165) is 37.0 Å². The molecule has 0 spiro atoms. The monoisotopic (exact) mass is 398 g/mol. The molecule has 3 heteroatoms. The largest absolute Gasteiger partial charge is 0.485 e. The summed E-state index contributed by atoms with van der Waals surface area (Å²) in [5.41, 5.74) is 5.95. The molecular weight excluding hydrogens is 372 g/mol. The molecule has 1 saturated carbocycles. The molecule has 5 rings (SSSR count). The van der Waals surface area contributed by atoms with Crippen LogP contribution in [-0.4, -0.2) is 11.1 Å². The Morgan fingerprint density at radius 2 is 1.67 bits per heavy atom. The van der Waals surface area contributed by atoms with Crippen molar-refractivity contribution >= 4 is 5.97 Å². The van der Waals surface area contributed by atoms with Gasteiger partial charge in [0.2, 0.25) is 0 Å². The average molecular weight is 399 g/mol. The molecule has 0 bridgehead atoms. The molecule has 2 aliphatic rings. The van der Waals surface area contributed by atoms with Gasteiger partial charge < -0.3 is 9.84 Å². The highest BCUT2D eigenvalue weighted by atomic mass is 16.5. The summed E-state index contributed by atoms with van der Waals surface area (Å²) in [5.74, 6) is 0.805. The fourth-order valence-corrected chi connectivity index (χ4v) is 4.62. The van der Waals surface area contributed by atoms with Gasteiger partial charge in [-0.3, -0.25) is 4.79 Å². The Hall–Kier alpha value is -3.07. The highest BCUT2D eigenvalue weighted by molar-refractivity contribution is 5.68. The van der Waals surface area contributed by atoms with Crippen LogP contribution in [0.3, 0.4) is 0 Å². The van der Waals surface area contributed by atoms with Crippen LogP contribution in [0.25, 0.3) is 11.1 Å². The molecule has 2 unspecified atom stereocenters. The van der Waals surface area contributed by atoms with Crippen molar-refractivity contribution in [1.29, 1.82) is 0 Å². The standard InChI is InChI=1S/C27H26O3/c28-27(29)17-24(20-8-9-20)23-13-12-22-14-15-25(30-26(22)16-23)21-10-6-19(7-11-21)18-4-2-1-3-5-18/h1-7,10-13,16,20,24-25H,8-9,14-15,17H2,(H,28,29). The minimum absolute atomic E-state index is 0.0384. The Balaban J connectivity index is 1.36. The van der Waals surface area contributed by atoms with E-state index in [0.29, 0.717) is 5.92 Å². The van der Waals surface area contributed by atoms with Crippen molar-refractivity contribution in [3.63, 3.8) is 0 Å². The van der Waals surface area contributed by atoms with Crippen LogP contribution < -0.4 is 4.74 Å². The first-order valence-corrected chi connectivity index (χ1v) is 10.8. The van der Waals surface area contributed by atoms with Gasteiger partial charge in [0, 0.05) is 0 Å². The molecule has 1 heterocycles. The maximum absolute atomic E-state index is 11.3. The summed E-state index contributed by atoms with van der Waals surface area (Å²) in [7, 11) is 0. The Bertz CT molecular complexity index is 1040. The summed E-state index contributed by atoms with van der Waals surface area (Å²) >= 11 is 0. The lowest BCUT2D eigenvalue weighted by molar-refractivity contribution is -0.137. The van der Waals surface area contributed by atoms with Gasteiger partial charge in [0.1, 0.15) is 11.9 Å². The van der Waals surface area contributed by atoms with Gasteiger partial charge in [-0.2, -0.15) is 0 Å². The number of benzene rings is 3. The van der Waals surface area contributed by atoms with Gasteiger partial charge in [-0.15, -0.1) is 0 Å². The van der Waals surface area contributed by atoms with Crippen LogP contribution in [0, 0.1) is 5.92 Å². The third-order valence-electron chi connectivity index (χ3n) is 6.44. The van der Waals surface area contributed by atoms with Crippen molar-refractivity contribution in [2.24, 2.45) is 5.92 Å². The summed E-state index contributed by atoms with van der Waals surface area (Å²) in [6.07, 6.45) is 4.44. The molecule has 2 atom stereocenters. The van der Waals surface area contributed by atoms with E-state index in [1.54, 1.807) is 0 Å². The van der Waals surface area contributed by atoms with Gasteiger partial charge in [0.05, 0.1) is 6.42 Å². The second kappa shape index (κ2) is 7.98. The van der Waals surface area contributed by atoms with Crippen LogP contribution in [0.5, 0.6) is 5.75 Å². The zero-order valence-electron chi connectivity index (χ0n) is 17.0. The molecule has 1 aliphatic carbocycles. The fraction of sp³-hybridized carbons (Fsp3) is 0.296. The van der Waals surface area contributed by atoms with E-state index in [1.165, 1.54) is 22.3 Å². The lowest BCUT2D eigenvalue weighted by Gasteiger charge is -2.28. The zero-order valence-corrected chi connectivity index (χ0v) is 17.0. The quantitative estimate of drug-likeness (QED) is 0.523. The normalized spacial score (nSPS) is 18.9. The third-order valence-corrected chi connectivity index (χ3v) is 6.44. The molecule has 3 nitrogen and oxygen atoms in total. The van der Waals surface area contributed by atoms with E-state index in [-0.39, 0.29) is 18.4 Å². The summed E-state index contributed by atoms with van der Waals surface area (Å²) in [6.45, 7) is 0. The molecule has 152 valence electrons. The molecule has 30 heavy (non-hydrogen) atoms. The van der Waals surface area contributed by atoms with Gasteiger partial charge in [-0.05, 0) is 71.4 Å². The average Bonchev–Trinajstić information content (AvgIpc) is 3.63. The summed E-state index contributed by atoms with van der Waals surface area (Å²) < 4.78 is 6.41. The smallest absolute Gasteiger partial charge is 0.303 e. The van der Waals surface area contributed by atoms with E-state index in [2.05, 4.69) is 66.7 Å². The van der Waals surface area contributed by atoms with Crippen LogP contribution >= 0.6 is 0 Å². The summed E-state index contributed by atoms with van der Waals surface area (Å²) in [4.78, 5) is 11.3. The molecule has 0 saturated heterocycles. The van der Waals surface area contributed by atoms with E-state index >= 15 is 0 Å². The van der Waals surface area contributed by atoms with Crippen molar-refractivity contribution < 1.29 is 14.6 Å². The van der Waals surface area contributed by atoms with Crippen LogP contribution in [0.4, 0.5) is 0 Å². The van der Waals surface area contributed by atoms with Crippen molar-refractivity contribution in [2.45, 2.75) is 44.1 Å². The predicted molar refractivity (Wildman–Crippen MR) is 118 cm³/mol. The second-order valence-electron chi connectivity index (χ2n) is 8.54. The number of rotatable bonds is 6. The van der Waals surface area contributed by atoms with Crippen molar-refractivity contribution in [1.82, 2.24) is 0 Å². The molecule has 1 N–H and O–H groups in total. The van der Waals surface area contributed by atoms with E-state index < -0.39 is 5.97 Å². The number of aryl methyl sites for hydroxylation is 1. The van der Waals surface area contributed by atoms with Gasteiger partial charge in [0.25, 0.3) is 0 Å². The minimum Gasteiger partial charge on any atom is -0.485 e. The molecule has 1 fully saturated rings. The summed E-state index contributed by atoms with van der Waals surface area (Å²) in [6, 6.07) is 25.4. The first-order valence-electron chi connectivity index (χ1n) is 10.8. The van der Waals surface area contributed by atoms with Crippen LogP contribution in [0.1, 0.15) is 54.4 Å². The number of ether oxygens (including phenoxy) is 1. The fourth-order valence-electron chi connectivity index (χ4n) is 4.62. The van der Waals surface area contributed by atoms with E-state index in [4.69, 9.17) is 4.74 Å². The number of carboxylic acids is 1. The van der Waals surface area contributed by atoms with Crippen LogP contribution in [-0.2, 0) is 11.2 Å². The molecular formula is C27H26O3. The highest BCUT2D eigenvalue weighted by Crippen LogP contribution is 2.46. The lowest BCUT2D eigenvalue weighted by atomic mass is 9.88. The molecule has 0 aromatic heterocycles. The van der Waals surface area contributed by atoms with Crippen LogP contribution in [0.15, 0.2) is 72.8 Å². The lowest BCUT2D eigenvalue weighted by Crippen LogP contribution is -2.16. The third kappa shape index (κ3) is 3.97. The Kier molecular flexibility index (Phi) is 5.04. The van der Waals surface area contributed by atoms with Crippen LogP contribution in [0.2, 0.25) is 0 Å². The Morgan fingerprint density at radius 3 is 2.37 bits per heavy atom. The molecule has 0 amide bonds. The van der Waals surface area contributed by atoms with Gasteiger partial charge >= 0.3 is 5.97 Å². The number of carbonyl (C=O) groups is 1. The number of fused-ring (bicyclic) bond motifs is 1. The topological polar surface area (TPSA) is 46.5 Å². The second-order valence-corrected chi connectivity index (χ2v) is 8.54. The Labute approximate surface area is 177 Å². The molecule has 0 radical (unpaired) electrons. The maximum Gasteiger partial charge on any atom is 0.303 e. The van der Waals surface area contributed by atoms with Crippen molar-refractivity contribution in [3.05, 3.63) is 89.5 Å². The first kappa shape index (κ1) is 18.9. The van der Waals surface area contributed by atoms with Crippen molar-refractivity contribution in [3.8, 4) is 16.9 Å². The molecule has 3 aromatic carbocycles. The zero-order chi connectivity index (χ0) is 20.5. The number of carboxylic acid groups (broad SMARTS) is 1. The van der Waals surface area contributed by atoms with E-state index in [1.807, 2.05) is 6.07 Å². The predicted octanol–water partition coefficient (Wildman–Crippen LogP) is 6.39. The highest BCUT2D eigenvalue weighted by Gasteiger charge is 2.34. The minimum atomic E-state index is -0.720. The maximum atomic E-state index is 11.3. The molecule has 3 aromatic rings. The number of hydrogen-bond acceptors (Lipinski definition) is 2. The first-order chi connectivity index (χ1) is 14.7. The Morgan fingerprint density at radius 1 is 0.933 bits per heavy atom. The SMILES string of the molecule is O=C(O)CC(c1ccc2c(c1)OC(c1ccc(-c3ccccc3)cc1)CC2)C1CC1. The van der Waals surface area contributed by atoms with E-state index in [9.17, 15) is 9.90 Å². The van der Waals surface area contributed by atoms with Gasteiger partial charge in [-0.25, -0.2) is 0 Å². The molecule has 1 aliphatic heterocycles. The summed E-state index contributed by atoms with van der Waals surface area (Å²) in [5, 5.41) is 9.32. The van der Waals surface area contributed by atoms with Crippen molar-refractivity contribution in [2.75, 3.05) is 0 Å². The van der Waals surface area contributed by atoms with Gasteiger partial charge in [-0.1, -0.05) is 66.7 Å².